The number of alkyl halides is 3. The molecule has 154 valence electrons. The number of aromatic amines is 1. The number of hydrogen-bond acceptors (Lipinski definition) is 5. The molecule has 0 fully saturated rings. The van der Waals surface area contributed by atoms with E-state index in [1.54, 1.807) is 14.0 Å². The molecule has 0 saturated carbocycles. The third-order valence-corrected chi connectivity index (χ3v) is 5.06. The number of nitrogens with one attached hydrogen (secondary N) is 2. The number of anilines is 1. The molecule has 1 unspecified atom stereocenters. The van der Waals surface area contributed by atoms with Gasteiger partial charge in [-0.25, -0.2) is 9.89 Å². The van der Waals surface area contributed by atoms with Crippen LogP contribution < -0.4 is 11.0 Å². The number of hydrogen-bond donors (Lipinski definition) is 2. The van der Waals surface area contributed by atoms with Crippen molar-refractivity contribution in [2.45, 2.75) is 36.5 Å². The summed E-state index contributed by atoms with van der Waals surface area (Å²) >= 11 is 6.58. The number of rotatable bonds is 8. The van der Waals surface area contributed by atoms with Gasteiger partial charge in [-0.2, -0.15) is 13.2 Å². The molecule has 0 aliphatic heterocycles. The number of nitrogens with zero attached hydrogens (tertiary/aromatic N) is 2. The van der Waals surface area contributed by atoms with Crippen LogP contribution in [0.5, 0.6) is 0 Å². The Labute approximate surface area is 167 Å². The molecule has 2 aromatic rings. The van der Waals surface area contributed by atoms with Gasteiger partial charge in [0.15, 0.2) is 5.16 Å². The van der Waals surface area contributed by atoms with Crippen LogP contribution in [-0.4, -0.2) is 39.6 Å². The maximum absolute atomic E-state index is 12.9. The van der Waals surface area contributed by atoms with Crippen LogP contribution in [0.4, 0.5) is 18.9 Å². The molecular weight excluding hydrogens is 421 g/mol. The van der Waals surface area contributed by atoms with Crippen LogP contribution in [-0.2, 0) is 22.3 Å². The van der Waals surface area contributed by atoms with Crippen LogP contribution in [0.1, 0.15) is 18.9 Å². The van der Waals surface area contributed by atoms with E-state index < -0.39 is 33.6 Å². The maximum Gasteiger partial charge on any atom is 0.417 e. The van der Waals surface area contributed by atoms with E-state index in [2.05, 4.69) is 15.5 Å². The Morgan fingerprint density at radius 3 is 2.82 bits per heavy atom. The van der Waals surface area contributed by atoms with Gasteiger partial charge in [0.05, 0.1) is 15.8 Å². The van der Waals surface area contributed by atoms with E-state index >= 15 is 0 Å². The summed E-state index contributed by atoms with van der Waals surface area (Å²) in [4.78, 5) is 24.2. The van der Waals surface area contributed by atoms with E-state index in [0.29, 0.717) is 24.7 Å². The van der Waals surface area contributed by atoms with Crippen LogP contribution in [0.3, 0.4) is 0 Å². The first kappa shape index (κ1) is 22.3. The topological polar surface area (TPSA) is 89.0 Å². The molecule has 1 aromatic heterocycles. The van der Waals surface area contributed by atoms with E-state index in [1.165, 1.54) is 10.6 Å². The van der Waals surface area contributed by atoms with Gasteiger partial charge in [0, 0.05) is 25.9 Å². The minimum atomic E-state index is -4.63. The normalized spacial score (nSPS) is 12.8. The van der Waals surface area contributed by atoms with Crippen molar-refractivity contribution in [3.8, 4) is 0 Å². The Bertz CT molecular complexity index is 885. The zero-order valence-corrected chi connectivity index (χ0v) is 16.5. The molecule has 7 nitrogen and oxygen atoms in total. The highest BCUT2D eigenvalue weighted by molar-refractivity contribution is 8.00. The van der Waals surface area contributed by atoms with Gasteiger partial charge in [-0.3, -0.25) is 9.36 Å². The highest BCUT2D eigenvalue weighted by atomic mass is 35.5. The fourth-order valence-electron chi connectivity index (χ4n) is 2.23. The van der Waals surface area contributed by atoms with Crippen molar-refractivity contribution >= 4 is 35.0 Å². The summed E-state index contributed by atoms with van der Waals surface area (Å²) in [7, 11) is 1.54. The third kappa shape index (κ3) is 5.76. The number of methoxy groups -OCH3 is 1. The van der Waals surface area contributed by atoms with Gasteiger partial charge in [0.25, 0.3) is 0 Å². The van der Waals surface area contributed by atoms with E-state index in [-0.39, 0.29) is 5.69 Å². The molecule has 0 spiro atoms. The molecule has 0 bridgehead atoms. The van der Waals surface area contributed by atoms with Crippen molar-refractivity contribution in [2.24, 2.45) is 0 Å². The summed E-state index contributed by atoms with van der Waals surface area (Å²) < 4.78 is 45.1. The Hall–Kier alpha value is -1.98. The lowest BCUT2D eigenvalue weighted by molar-refractivity contribution is -0.137. The molecule has 2 N–H and O–H groups in total. The number of carbonyl (C=O) groups excluding carboxylic acids is 1. The van der Waals surface area contributed by atoms with Gasteiger partial charge in [-0.1, -0.05) is 23.4 Å². The molecule has 1 aromatic carbocycles. The number of amides is 1. The van der Waals surface area contributed by atoms with Crippen molar-refractivity contribution in [1.29, 1.82) is 0 Å². The quantitative estimate of drug-likeness (QED) is 0.487. The zero-order valence-electron chi connectivity index (χ0n) is 15.0. The fourth-order valence-corrected chi connectivity index (χ4v) is 3.34. The Morgan fingerprint density at radius 2 is 2.18 bits per heavy atom. The highest BCUT2D eigenvalue weighted by Gasteiger charge is 2.33. The number of halogens is 4. The van der Waals surface area contributed by atoms with Gasteiger partial charge in [-0.15, -0.1) is 5.10 Å². The van der Waals surface area contributed by atoms with Gasteiger partial charge >= 0.3 is 11.9 Å². The molecule has 0 radical (unpaired) electrons. The first-order valence-corrected chi connectivity index (χ1v) is 9.37. The number of ether oxygens (including phenoxy) is 1. The SMILES string of the molecule is COCCCn1c(SC(C)C(=O)Nc2ccc(Cl)c(C(F)(F)F)c2)n[nH]c1=O. The smallest absolute Gasteiger partial charge is 0.385 e. The zero-order chi connectivity index (χ0) is 20.9. The summed E-state index contributed by atoms with van der Waals surface area (Å²) in [5, 5.41) is 7.74. The van der Waals surface area contributed by atoms with Gasteiger partial charge in [0.1, 0.15) is 0 Å². The third-order valence-electron chi connectivity index (χ3n) is 3.64. The standard InChI is InChI=1S/C16H18ClF3N4O3S/c1-9(28-15-23-22-14(26)24(15)6-3-7-27-2)13(25)21-10-4-5-12(17)11(8-10)16(18,19)20/h4-5,8-9H,3,6-7H2,1-2H3,(H,21,25)(H,22,26). The largest absolute Gasteiger partial charge is 0.417 e. The van der Waals surface area contributed by atoms with Crippen molar-refractivity contribution in [1.82, 2.24) is 14.8 Å². The van der Waals surface area contributed by atoms with Gasteiger partial charge < -0.3 is 10.1 Å². The fraction of sp³-hybridized carbons (Fsp3) is 0.438. The van der Waals surface area contributed by atoms with E-state index in [1.807, 2.05) is 0 Å². The van der Waals surface area contributed by atoms with Crippen LogP contribution in [0.2, 0.25) is 5.02 Å². The maximum atomic E-state index is 12.9. The molecule has 0 aliphatic carbocycles. The first-order valence-electron chi connectivity index (χ1n) is 8.12. The summed E-state index contributed by atoms with van der Waals surface area (Å²) in [5.41, 5.74) is -1.49. The van der Waals surface area contributed by atoms with Crippen LogP contribution >= 0.6 is 23.4 Å². The summed E-state index contributed by atoms with van der Waals surface area (Å²) in [5.74, 6) is -0.542. The molecule has 1 atom stereocenters. The van der Waals surface area contributed by atoms with E-state index in [0.717, 1.165) is 23.9 Å². The number of H-pyrrole nitrogens is 1. The second-order valence-corrected chi connectivity index (χ2v) is 7.47. The Morgan fingerprint density at radius 1 is 1.46 bits per heavy atom. The summed E-state index contributed by atoms with van der Waals surface area (Å²) in [6, 6.07) is 3.12. The molecule has 2 rings (SSSR count). The molecule has 1 amide bonds. The predicted molar refractivity (Wildman–Crippen MR) is 99.7 cm³/mol. The number of benzene rings is 1. The summed E-state index contributed by atoms with van der Waals surface area (Å²) in [6.07, 6.45) is -4.05. The van der Waals surface area contributed by atoms with E-state index in [4.69, 9.17) is 16.3 Å². The second-order valence-electron chi connectivity index (χ2n) is 5.75. The first-order chi connectivity index (χ1) is 13.1. The summed E-state index contributed by atoms with van der Waals surface area (Å²) in [6.45, 7) is 2.36. The highest BCUT2D eigenvalue weighted by Crippen LogP contribution is 2.36. The van der Waals surface area contributed by atoms with E-state index in [9.17, 15) is 22.8 Å². The van der Waals surface area contributed by atoms with Crippen molar-refractivity contribution in [3.05, 3.63) is 39.3 Å². The molecule has 0 saturated heterocycles. The average Bonchev–Trinajstić information content (AvgIpc) is 2.96. The average molecular weight is 439 g/mol. The molecule has 0 aliphatic rings. The van der Waals surface area contributed by atoms with Crippen molar-refractivity contribution in [2.75, 3.05) is 19.0 Å². The van der Waals surface area contributed by atoms with Gasteiger partial charge in [-0.05, 0) is 31.5 Å². The number of carbonyl (C=O) groups is 1. The lowest BCUT2D eigenvalue weighted by Gasteiger charge is -2.14. The molecule has 1 heterocycles. The van der Waals surface area contributed by atoms with Crippen LogP contribution in [0, 0.1) is 0 Å². The van der Waals surface area contributed by atoms with Crippen LogP contribution in [0.25, 0.3) is 0 Å². The molecule has 12 heteroatoms. The number of aromatic nitrogens is 3. The van der Waals surface area contributed by atoms with Gasteiger partial charge in [0.2, 0.25) is 5.91 Å². The monoisotopic (exact) mass is 438 g/mol. The predicted octanol–water partition coefficient (Wildman–Crippen LogP) is 3.40. The van der Waals surface area contributed by atoms with Crippen molar-refractivity contribution < 1.29 is 22.7 Å². The molecule has 28 heavy (non-hydrogen) atoms. The Kier molecular flexibility index (Phi) is 7.55. The second kappa shape index (κ2) is 9.48. The minimum Gasteiger partial charge on any atom is -0.385 e. The number of thioether (sulfide) groups is 1. The van der Waals surface area contributed by atoms with Crippen molar-refractivity contribution in [3.63, 3.8) is 0 Å². The lowest BCUT2D eigenvalue weighted by Crippen LogP contribution is -2.24. The Balaban J connectivity index is 2.07. The van der Waals surface area contributed by atoms with Crippen LogP contribution in [0.15, 0.2) is 28.2 Å². The molecular formula is C16H18ClF3N4O3S. The lowest BCUT2D eigenvalue weighted by atomic mass is 10.2. The minimum absolute atomic E-state index is 0.0336.